The summed E-state index contributed by atoms with van der Waals surface area (Å²) in [6.45, 7) is 11.2. The second-order valence-corrected chi connectivity index (χ2v) is 17.4. The molecule has 0 spiro atoms. The van der Waals surface area contributed by atoms with Crippen LogP contribution in [0.1, 0.15) is 51.6 Å². The SMILES string of the molecule is C=C(CN(Cc1nc2ccc(C)cc2[nH]1)c1nc(N2CCNCC2)nc2c(Br)cnn12)C(=O)N(C)CCOc1c(N)ncnc1-c1cc(F)cc(NC(=O)c2ccc(C3CC3)cc2F)c1C. The molecule has 0 atom stereocenters. The zero-order valence-corrected chi connectivity index (χ0v) is 38.1. The van der Waals surface area contributed by atoms with Crippen LogP contribution in [0.3, 0.4) is 0 Å². The van der Waals surface area contributed by atoms with Crippen LogP contribution in [0.5, 0.6) is 5.75 Å². The van der Waals surface area contributed by atoms with Crippen LogP contribution < -0.4 is 30.9 Å². The molecule has 17 nitrogen and oxygen atoms in total. The molecule has 7 aromatic rings. The topological polar surface area (TPSA) is 201 Å². The van der Waals surface area contributed by atoms with Crippen molar-refractivity contribution >= 4 is 67.8 Å². The number of nitrogens with one attached hydrogen (secondary N) is 3. The van der Waals surface area contributed by atoms with Gasteiger partial charge in [-0.05, 0) is 102 Å². The molecule has 2 aliphatic rings. The van der Waals surface area contributed by atoms with E-state index in [1.54, 1.807) is 30.8 Å². The number of carbonyl (C=O) groups excluding carboxylic acids is 2. The highest BCUT2D eigenvalue weighted by atomic mass is 79.9. The van der Waals surface area contributed by atoms with E-state index in [2.05, 4.69) is 58.1 Å². The Labute approximate surface area is 386 Å². The molecular formula is C46H47BrF2N14O3. The average Bonchev–Trinajstić information content (AvgIpc) is 3.99. The first-order chi connectivity index (χ1) is 31.8. The minimum Gasteiger partial charge on any atom is -0.486 e. The second kappa shape index (κ2) is 18.4. The third kappa shape index (κ3) is 9.23. The van der Waals surface area contributed by atoms with Crippen LogP contribution in [0.4, 0.5) is 32.2 Å². The molecule has 3 aromatic carbocycles. The molecule has 9 rings (SSSR count). The number of hydrogen-bond acceptors (Lipinski definition) is 13. The summed E-state index contributed by atoms with van der Waals surface area (Å²) in [6.07, 6.45) is 4.85. The van der Waals surface area contributed by atoms with Gasteiger partial charge in [-0.15, -0.1) is 0 Å². The maximum absolute atomic E-state index is 15.3. The Morgan fingerprint density at radius 2 is 1.85 bits per heavy atom. The van der Waals surface area contributed by atoms with Crippen LogP contribution in [-0.4, -0.2) is 109 Å². The number of fused-ring (bicyclic) bond motifs is 2. The number of amides is 2. The van der Waals surface area contributed by atoms with Crippen molar-refractivity contribution in [3.05, 3.63) is 117 Å². The monoisotopic (exact) mass is 960 g/mol. The van der Waals surface area contributed by atoms with Crippen LogP contribution in [0.25, 0.3) is 27.9 Å². The molecule has 20 heteroatoms. The predicted molar refractivity (Wildman–Crippen MR) is 251 cm³/mol. The fourth-order valence-electron chi connectivity index (χ4n) is 7.97. The number of aromatic amines is 1. The van der Waals surface area contributed by atoms with Crippen LogP contribution in [0.15, 0.2) is 77.7 Å². The number of ether oxygens (including phenoxy) is 1. The number of rotatable bonds is 15. The first kappa shape index (κ1) is 44.2. The van der Waals surface area contributed by atoms with Gasteiger partial charge in [0.25, 0.3) is 11.8 Å². The van der Waals surface area contributed by atoms with E-state index < -0.39 is 17.5 Å². The summed E-state index contributed by atoms with van der Waals surface area (Å²) in [5.41, 5.74) is 11.5. The number of imidazole rings is 1. The van der Waals surface area contributed by atoms with E-state index in [1.807, 2.05) is 30.0 Å². The van der Waals surface area contributed by atoms with E-state index in [0.29, 0.717) is 52.4 Å². The van der Waals surface area contributed by atoms with Crippen molar-refractivity contribution in [2.24, 2.45) is 0 Å². The first-order valence-corrected chi connectivity index (χ1v) is 22.3. The van der Waals surface area contributed by atoms with Crippen LogP contribution in [0, 0.1) is 25.5 Å². The zero-order chi connectivity index (χ0) is 46.2. The highest BCUT2D eigenvalue weighted by molar-refractivity contribution is 9.10. The quantitative estimate of drug-likeness (QED) is 0.0832. The van der Waals surface area contributed by atoms with Crippen molar-refractivity contribution < 1.29 is 23.1 Å². The molecular weight excluding hydrogens is 915 g/mol. The van der Waals surface area contributed by atoms with Gasteiger partial charge in [-0.25, -0.2) is 23.7 Å². The number of nitrogen functional groups attached to an aromatic ring is 1. The van der Waals surface area contributed by atoms with E-state index in [0.717, 1.165) is 54.2 Å². The Morgan fingerprint density at radius 1 is 1.05 bits per heavy atom. The maximum Gasteiger partial charge on any atom is 0.258 e. The maximum atomic E-state index is 15.3. The first-order valence-electron chi connectivity index (χ1n) is 21.5. The number of likely N-dealkylation sites (N-methyl/N-ethyl adjacent to an activating group) is 1. The van der Waals surface area contributed by atoms with Crippen molar-refractivity contribution in [1.29, 1.82) is 0 Å². The molecule has 0 unspecified atom stereocenters. The van der Waals surface area contributed by atoms with Crippen LogP contribution in [0.2, 0.25) is 0 Å². The number of nitrogens with two attached hydrogens (primary N) is 1. The minimum atomic E-state index is -0.727. The van der Waals surface area contributed by atoms with Crippen molar-refractivity contribution in [3.8, 4) is 17.0 Å². The van der Waals surface area contributed by atoms with E-state index >= 15 is 8.78 Å². The Kier molecular flexibility index (Phi) is 12.3. The number of halogens is 3. The zero-order valence-electron chi connectivity index (χ0n) is 36.5. The van der Waals surface area contributed by atoms with Crippen molar-refractivity contribution in [2.75, 3.05) is 73.8 Å². The molecule has 1 saturated heterocycles. The third-order valence-corrected chi connectivity index (χ3v) is 12.3. The summed E-state index contributed by atoms with van der Waals surface area (Å²) in [4.78, 5) is 59.4. The van der Waals surface area contributed by atoms with Crippen molar-refractivity contribution in [1.82, 2.24) is 49.7 Å². The number of nitrogens with zero attached hydrogens (tertiary/aromatic N) is 10. The lowest BCUT2D eigenvalue weighted by atomic mass is 10.0. The molecule has 5 N–H and O–H groups in total. The number of benzene rings is 3. The van der Waals surface area contributed by atoms with Crippen molar-refractivity contribution in [2.45, 2.75) is 39.2 Å². The number of anilines is 4. The van der Waals surface area contributed by atoms with E-state index in [4.69, 9.17) is 25.4 Å². The van der Waals surface area contributed by atoms with Gasteiger partial charge in [-0.3, -0.25) is 9.59 Å². The molecule has 2 fully saturated rings. The molecule has 1 aliphatic heterocycles. The largest absolute Gasteiger partial charge is 0.486 e. The Morgan fingerprint density at radius 3 is 2.62 bits per heavy atom. The minimum absolute atomic E-state index is 0.0246. The number of piperazine rings is 1. The van der Waals surface area contributed by atoms with Gasteiger partial charge in [0, 0.05) is 50.1 Å². The average molecular weight is 962 g/mol. The summed E-state index contributed by atoms with van der Waals surface area (Å²) in [7, 11) is 1.62. The molecule has 4 aromatic heterocycles. The number of carbonyl (C=O) groups is 2. The summed E-state index contributed by atoms with van der Waals surface area (Å²) < 4.78 is 38.8. The number of aromatic nitrogens is 8. The summed E-state index contributed by atoms with van der Waals surface area (Å²) >= 11 is 3.61. The van der Waals surface area contributed by atoms with E-state index in [9.17, 15) is 9.59 Å². The van der Waals surface area contributed by atoms with Gasteiger partial charge >= 0.3 is 0 Å². The molecule has 1 saturated carbocycles. The fourth-order valence-corrected chi connectivity index (χ4v) is 8.32. The van der Waals surface area contributed by atoms with Crippen molar-refractivity contribution in [3.63, 3.8) is 0 Å². The highest BCUT2D eigenvalue weighted by Gasteiger charge is 2.28. The van der Waals surface area contributed by atoms with E-state index in [-0.39, 0.29) is 71.8 Å². The second-order valence-electron chi connectivity index (χ2n) is 16.6. The molecule has 1 aliphatic carbocycles. The molecule has 5 heterocycles. The lowest BCUT2D eigenvalue weighted by Crippen LogP contribution is -2.44. The normalized spacial score (nSPS) is 13.9. The van der Waals surface area contributed by atoms with Gasteiger partial charge in [0.1, 0.15) is 36.1 Å². The van der Waals surface area contributed by atoms with Gasteiger partial charge in [0.15, 0.2) is 17.2 Å². The van der Waals surface area contributed by atoms with E-state index in [1.165, 1.54) is 29.4 Å². The number of aryl methyl sites for hydroxylation is 1. The molecule has 0 radical (unpaired) electrons. The van der Waals surface area contributed by atoms with Crippen LogP contribution in [-0.2, 0) is 11.3 Å². The summed E-state index contributed by atoms with van der Waals surface area (Å²) in [5, 5.41) is 10.6. The van der Waals surface area contributed by atoms with Gasteiger partial charge in [0.2, 0.25) is 11.9 Å². The molecule has 0 bridgehead atoms. The van der Waals surface area contributed by atoms with Gasteiger partial charge in [-0.1, -0.05) is 18.7 Å². The summed E-state index contributed by atoms with van der Waals surface area (Å²) in [6, 6.07) is 12.9. The lowest BCUT2D eigenvalue weighted by Gasteiger charge is -2.30. The number of hydrogen-bond donors (Lipinski definition) is 4. The summed E-state index contributed by atoms with van der Waals surface area (Å²) in [5.74, 6) is -0.477. The standard InChI is InChI=1S/C46H47BrF2N14O3/c1-25-5-10-35-37(17-25)56-38(55-35)23-62(46-59-45(61-13-11-51-12-14-61)58-42-33(47)21-54-63(42)46)22-26(2)44(65)60(4)15-16-66-40-39(52-24-53-41(40)50)32-19-30(48)20-36(27(32)3)57-43(64)31-9-8-29(18-34(31)49)28-6-7-28/h5,8-10,17-21,24,28,51H,2,6-7,11-16,22-23H2,1,3-4H3,(H,55,56)(H,57,64)(H2,50,52,53). The Bertz CT molecular complexity index is 3020. The van der Waals surface area contributed by atoms with Gasteiger partial charge in [0.05, 0.1) is 46.9 Å². The fraction of sp³-hybridized carbons (Fsp3) is 0.304. The smallest absolute Gasteiger partial charge is 0.258 e. The van der Waals surface area contributed by atoms with Crippen LogP contribution >= 0.6 is 15.9 Å². The number of H-pyrrole nitrogens is 1. The van der Waals surface area contributed by atoms with Gasteiger partial charge < -0.3 is 40.8 Å². The molecule has 340 valence electrons. The highest BCUT2D eigenvalue weighted by Crippen LogP contribution is 2.41. The predicted octanol–water partition coefficient (Wildman–Crippen LogP) is 6.34. The Balaban J connectivity index is 0.923. The molecule has 66 heavy (non-hydrogen) atoms. The molecule has 2 amide bonds. The third-order valence-electron chi connectivity index (χ3n) is 11.7. The lowest BCUT2D eigenvalue weighted by molar-refractivity contribution is -0.126. The van der Waals surface area contributed by atoms with Gasteiger partial charge in [-0.2, -0.15) is 19.6 Å². The Hall–Kier alpha value is -7.06.